The quantitative estimate of drug-likeness (QED) is 0.390. The van der Waals surface area contributed by atoms with E-state index >= 15 is 0 Å². The van der Waals surface area contributed by atoms with E-state index in [0.29, 0.717) is 6.61 Å². The molecule has 0 aromatic heterocycles. The van der Waals surface area contributed by atoms with Gasteiger partial charge in [0.1, 0.15) is 12.9 Å². The number of rotatable bonds is 6. The molecule has 2 nitrogen and oxygen atoms in total. The number of aldehydes is 1. The highest BCUT2D eigenvalue weighted by atomic mass is 16.5. The van der Waals surface area contributed by atoms with E-state index in [1.807, 2.05) is 36.4 Å². The number of hydrogen-bond donors (Lipinski definition) is 0. The van der Waals surface area contributed by atoms with Crippen molar-refractivity contribution in [3.05, 3.63) is 48.6 Å². The average molecular weight is 190 g/mol. The van der Waals surface area contributed by atoms with E-state index in [9.17, 15) is 4.79 Å². The van der Waals surface area contributed by atoms with E-state index in [2.05, 4.69) is 6.58 Å². The number of hydrogen-bond acceptors (Lipinski definition) is 2. The van der Waals surface area contributed by atoms with Crippen LogP contribution >= 0.6 is 0 Å². The topological polar surface area (TPSA) is 26.3 Å². The number of carbonyl (C=O) groups excluding carboxylic acids is 1. The average Bonchev–Trinajstić information content (AvgIpc) is 2.26. The van der Waals surface area contributed by atoms with E-state index in [4.69, 9.17) is 4.74 Å². The molecule has 0 aliphatic rings. The van der Waals surface area contributed by atoms with Crippen LogP contribution in [0.1, 0.15) is 11.5 Å². The van der Waals surface area contributed by atoms with Gasteiger partial charge in [-0.1, -0.05) is 36.4 Å². The standard InChI is InChI=1S/C12H14O2/c1-2-11(10-14-9-8-13)12-6-4-3-5-7-12/h2-8,11H,1,9-10H2. The molecular weight excluding hydrogens is 176 g/mol. The SMILES string of the molecule is C=CC(COCC=O)c1ccccc1. The highest BCUT2D eigenvalue weighted by Gasteiger charge is 2.05. The molecule has 74 valence electrons. The highest BCUT2D eigenvalue weighted by Crippen LogP contribution is 2.16. The minimum atomic E-state index is 0.150. The Balaban J connectivity index is 2.54. The lowest BCUT2D eigenvalue weighted by atomic mass is 10.0. The molecule has 1 rings (SSSR count). The van der Waals surface area contributed by atoms with E-state index in [1.54, 1.807) is 0 Å². The predicted octanol–water partition coefficient (Wildman–Crippen LogP) is 2.17. The molecule has 0 spiro atoms. The molecule has 14 heavy (non-hydrogen) atoms. The summed E-state index contributed by atoms with van der Waals surface area (Å²) in [4.78, 5) is 10.1. The van der Waals surface area contributed by atoms with Crippen LogP contribution in [0.4, 0.5) is 0 Å². The molecule has 0 N–H and O–H groups in total. The zero-order chi connectivity index (χ0) is 10.2. The van der Waals surface area contributed by atoms with Gasteiger partial charge in [-0.25, -0.2) is 0 Å². The van der Waals surface area contributed by atoms with Crippen molar-refractivity contribution in [2.24, 2.45) is 0 Å². The zero-order valence-corrected chi connectivity index (χ0v) is 8.06. The van der Waals surface area contributed by atoms with Crippen LogP contribution in [0, 0.1) is 0 Å². The van der Waals surface area contributed by atoms with Gasteiger partial charge < -0.3 is 9.53 Å². The number of carbonyl (C=O) groups is 1. The molecule has 0 bridgehead atoms. The van der Waals surface area contributed by atoms with Gasteiger partial charge in [0.2, 0.25) is 0 Å². The molecule has 0 radical (unpaired) electrons. The Morgan fingerprint density at radius 2 is 2.07 bits per heavy atom. The molecule has 1 aromatic rings. The van der Waals surface area contributed by atoms with Crippen molar-refractivity contribution in [1.29, 1.82) is 0 Å². The molecule has 0 amide bonds. The highest BCUT2D eigenvalue weighted by molar-refractivity contribution is 5.50. The fraction of sp³-hybridized carbons (Fsp3) is 0.250. The summed E-state index contributed by atoms with van der Waals surface area (Å²) in [6.07, 6.45) is 2.59. The van der Waals surface area contributed by atoms with Gasteiger partial charge in [-0.2, -0.15) is 0 Å². The maximum atomic E-state index is 10.1. The lowest BCUT2D eigenvalue weighted by Crippen LogP contribution is -2.06. The second kappa shape index (κ2) is 6.11. The van der Waals surface area contributed by atoms with E-state index < -0.39 is 0 Å². The zero-order valence-electron chi connectivity index (χ0n) is 8.06. The number of benzene rings is 1. The maximum Gasteiger partial charge on any atom is 0.145 e. The molecule has 2 heteroatoms. The van der Waals surface area contributed by atoms with Gasteiger partial charge in [0.15, 0.2) is 0 Å². The lowest BCUT2D eigenvalue weighted by molar-refractivity contribution is -0.111. The third-order valence-electron chi connectivity index (χ3n) is 2.00. The third kappa shape index (κ3) is 3.15. The first-order valence-corrected chi connectivity index (χ1v) is 4.57. The van der Waals surface area contributed by atoms with Gasteiger partial charge in [0.05, 0.1) is 6.61 Å². The van der Waals surface area contributed by atoms with Crippen molar-refractivity contribution in [1.82, 2.24) is 0 Å². The van der Waals surface area contributed by atoms with Crippen molar-refractivity contribution in [3.8, 4) is 0 Å². The first kappa shape index (κ1) is 10.7. The molecule has 0 saturated heterocycles. The summed E-state index contributed by atoms with van der Waals surface area (Å²) in [6, 6.07) is 9.97. The van der Waals surface area contributed by atoms with Crippen molar-refractivity contribution < 1.29 is 9.53 Å². The van der Waals surface area contributed by atoms with Gasteiger partial charge in [-0.3, -0.25) is 0 Å². The van der Waals surface area contributed by atoms with Gasteiger partial charge in [0, 0.05) is 5.92 Å². The smallest absolute Gasteiger partial charge is 0.145 e. The Labute approximate surface area is 84.2 Å². The lowest BCUT2D eigenvalue weighted by Gasteiger charge is -2.11. The van der Waals surface area contributed by atoms with Crippen molar-refractivity contribution in [2.45, 2.75) is 5.92 Å². The minimum absolute atomic E-state index is 0.150. The van der Waals surface area contributed by atoms with Gasteiger partial charge in [0.25, 0.3) is 0 Å². The monoisotopic (exact) mass is 190 g/mol. The molecule has 0 aliphatic heterocycles. The molecule has 0 heterocycles. The molecule has 1 unspecified atom stereocenters. The molecule has 0 aliphatic carbocycles. The summed E-state index contributed by atoms with van der Waals surface area (Å²) in [5, 5.41) is 0. The number of ether oxygens (including phenoxy) is 1. The molecule has 1 atom stereocenters. The fourth-order valence-corrected chi connectivity index (χ4v) is 1.24. The second-order valence-electron chi connectivity index (χ2n) is 2.96. The van der Waals surface area contributed by atoms with E-state index in [-0.39, 0.29) is 12.5 Å². The first-order chi connectivity index (χ1) is 6.88. The summed E-state index contributed by atoms with van der Waals surface area (Å²) in [5.41, 5.74) is 1.16. The Hall–Kier alpha value is -1.41. The second-order valence-corrected chi connectivity index (χ2v) is 2.96. The van der Waals surface area contributed by atoms with E-state index in [1.165, 1.54) is 0 Å². The van der Waals surface area contributed by atoms with Gasteiger partial charge >= 0.3 is 0 Å². The van der Waals surface area contributed by atoms with Crippen LogP contribution < -0.4 is 0 Å². The summed E-state index contributed by atoms with van der Waals surface area (Å²) in [7, 11) is 0. The first-order valence-electron chi connectivity index (χ1n) is 4.57. The summed E-state index contributed by atoms with van der Waals surface area (Å²) < 4.78 is 5.15. The Bertz CT molecular complexity index is 280. The Kier molecular flexibility index (Phi) is 4.65. The Morgan fingerprint density at radius 3 is 2.64 bits per heavy atom. The normalized spacial score (nSPS) is 12.0. The van der Waals surface area contributed by atoms with Crippen LogP contribution in [-0.4, -0.2) is 19.5 Å². The van der Waals surface area contributed by atoms with Gasteiger partial charge in [-0.15, -0.1) is 6.58 Å². The molecular formula is C12H14O2. The Morgan fingerprint density at radius 1 is 1.36 bits per heavy atom. The molecule has 1 aromatic carbocycles. The predicted molar refractivity (Wildman–Crippen MR) is 56.3 cm³/mol. The summed E-state index contributed by atoms with van der Waals surface area (Å²) in [5.74, 6) is 0.163. The van der Waals surface area contributed by atoms with Crippen molar-refractivity contribution >= 4 is 6.29 Å². The maximum absolute atomic E-state index is 10.1. The third-order valence-corrected chi connectivity index (χ3v) is 2.00. The van der Waals surface area contributed by atoms with Crippen molar-refractivity contribution in [3.63, 3.8) is 0 Å². The molecule has 0 fully saturated rings. The summed E-state index contributed by atoms with van der Waals surface area (Å²) >= 11 is 0. The van der Waals surface area contributed by atoms with Gasteiger partial charge in [-0.05, 0) is 5.56 Å². The van der Waals surface area contributed by atoms with Crippen LogP contribution in [-0.2, 0) is 9.53 Å². The van der Waals surface area contributed by atoms with Crippen LogP contribution in [0.5, 0.6) is 0 Å². The summed E-state index contributed by atoms with van der Waals surface area (Å²) in [6.45, 7) is 4.40. The van der Waals surface area contributed by atoms with Crippen LogP contribution in [0.25, 0.3) is 0 Å². The van der Waals surface area contributed by atoms with E-state index in [0.717, 1.165) is 11.8 Å². The van der Waals surface area contributed by atoms with Crippen molar-refractivity contribution in [2.75, 3.05) is 13.2 Å². The van der Waals surface area contributed by atoms with Crippen LogP contribution in [0.3, 0.4) is 0 Å². The molecule has 0 saturated carbocycles. The fourth-order valence-electron chi connectivity index (χ4n) is 1.24. The minimum Gasteiger partial charge on any atom is -0.373 e. The largest absolute Gasteiger partial charge is 0.373 e. The van der Waals surface area contributed by atoms with Crippen LogP contribution in [0.15, 0.2) is 43.0 Å². The van der Waals surface area contributed by atoms with Crippen LogP contribution in [0.2, 0.25) is 0 Å².